The van der Waals surface area contributed by atoms with Gasteiger partial charge in [0, 0.05) is 22.6 Å². The van der Waals surface area contributed by atoms with Crippen molar-refractivity contribution < 1.29 is 13.2 Å². The topological polar surface area (TPSA) is 76.1 Å². The summed E-state index contributed by atoms with van der Waals surface area (Å²) in [6.07, 6.45) is 3.73. The normalized spacial score (nSPS) is 15.0. The van der Waals surface area contributed by atoms with Crippen LogP contribution in [0.5, 0.6) is 0 Å². The first kappa shape index (κ1) is 19.8. The summed E-state index contributed by atoms with van der Waals surface area (Å²) < 4.78 is 23.5. The molecule has 2 aromatic heterocycles. The highest BCUT2D eigenvalue weighted by Crippen LogP contribution is 2.37. The zero-order chi connectivity index (χ0) is 20.4. The Labute approximate surface area is 174 Å². The van der Waals surface area contributed by atoms with Crippen LogP contribution in [0.15, 0.2) is 41.8 Å². The van der Waals surface area contributed by atoms with E-state index in [1.54, 1.807) is 18.3 Å². The van der Waals surface area contributed by atoms with Crippen LogP contribution >= 0.6 is 11.3 Å². The number of rotatable bonds is 6. The lowest BCUT2D eigenvalue weighted by atomic mass is 10.00. The molecule has 0 fully saturated rings. The van der Waals surface area contributed by atoms with Gasteiger partial charge in [0.2, 0.25) is 0 Å². The molecule has 0 saturated carbocycles. The summed E-state index contributed by atoms with van der Waals surface area (Å²) >= 11 is 1.67. The van der Waals surface area contributed by atoms with Crippen LogP contribution in [-0.2, 0) is 16.3 Å². The minimum Gasteiger partial charge on any atom is -0.351 e. The number of pyridine rings is 1. The number of benzene rings is 1. The van der Waals surface area contributed by atoms with E-state index in [1.807, 2.05) is 35.7 Å². The number of hydrogen-bond donors (Lipinski definition) is 1. The van der Waals surface area contributed by atoms with E-state index in [0.717, 1.165) is 40.6 Å². The molecule has 0 radical (unpaired) electrons. The first-order valence-corrected chi connectivity index (χ1v) is 12.3. The van der Waals surface area contributed by atoms with Gasteiger partial charge in [-0.05, 0) is 47.6 Å². The summed E-state index contributed by atoms with van der Waals surface area (Å²) in [4.78, 5) is 19.1. The Bertz CT molecular complexity index is 1200. The van der Waals surface area contributed by atoms with Crippen molar-refractivity contribution in [3.63, 3.8) is 0 Å². The highest BCUT2D eigenvalue weighted by atomic mass is 32.2. The minimum atomic E-state index is -3.12. The van der Waals surface area contributed by atoms with Gasteiger partial charge < -0.3 is 5.32 Å². The molecule has 0 saturated heterocycles. The number of carbonyl (C=O) groups excluding carboxylic acids is 1. The Morgan fingerprint density at radius 3 is 2.79 bits per heavy atom. The number of hydrogen-bond acceptors (Lipinski definition) is 5. The van der Waals surface area contributed by atoms with Gasteiger partial charge in [-0.25, -0.2) is 13.4 Å². The first-order chi connectivity index (χ1) is 14.0. The average Bonchev–Trinajstić information content (AvgIpc) is 3.36. The molecule has 0 bridgehead atoms. The van der Waals surface area contributed by atoms with Crippen LogP contribution in [0.1, 0.15) is 39.8 Å². The molecule has 29 heavy (non-hydrogen) atoms. The molecule has 1 amide bonds. The van der Waals surface area contributed by atoms with Crippen LogP contribution < -0.4 is 5.32 Å². The third-order valence-electron chi connectivity index (χ3n) is 5.17. The molecule has 3 aromatic rings. The molecule has 0 unspecified atom stereocenters. The van der Waals surface area contributed by atoms with E-state index in [4.69, 9.17) is 4.98 Å². The number of para-hydroxylation sites is 1. The Morgan fingerprint density at radius 1 is 1.21 bits per heavy atom. The van der Waals surface area contributed by atoms with Gasteiger partial charge >= 0.3 is 0 Å². The number of nitrogens with zero attached hydrogens (tertiary/aromatic N) is 1. The van der Waals surface area contributed by atoms with Crippen LogP contribution in [0.25, 0.3) is 22.6 Å². The van der Waals surface area contributed by atoms with Crippen molar-refractivity contribution in [3.8, 4) is 0 Å². The van der Waals surface area contributed by atoms with Gasteiger partial charge in [0.25, 0.3) is 5.91 Å². The SMILES string of the molecule is CCS(=O)(=O)CCNC(=O)c1c2c(nc3ccccc13)/C(=C/c1cccs1)CC2. The second-order valence-electron chi connectivity index (χ2n) is 7.01. The first-order valence-electron chi connectivity index (χ1n) is 9.63. The van der Waals surface area contributed by atoms with Gasteiger partial charge in [0.05, 0.1) is 22.5 Å². The van der Waals surface area contributed by atoms with Crippen LogP contribution in [0.4, 0.5) is 0 Å². The van der Waals surface area contributed by atoms with E-state index >= 15 is 0 Å². The average molecular weight is 427 g/mol. The number of carbonyl (C=O) groups is 1. The smallest absolute Gasteiger partial charge is 0.252 e. The third-order valence-corrected chi connectivity index (χ3v) is 7.69. The van der Waals surface area contributed by atoms with Crippen LogP contribution in [0, 0.1) is 0 Å². The zero-order valence-corrected chi connectivity index (χ0v) is 17.8. The van der Waals surface area contributed by atoms with Gasteiger partial charge in [-0.1, -0.05) is 31.2 Å². The maximum Gasteiger partial charge on any atom is 0.252 e. The van der Waals surface area contributed by atoms with E-state index in [1.165, 1.54) is 4.88 Å². The monoisotopic (exact) mass is 426 g/mol. The van der Waals surface area contributed by atoms with Crippen molar-refractivity contribution in [3.05, 3.63) is 63.5 Å². The van der Waals surface area contributed by atoms with Crippen molar-refractivity contribution in [2.24, 2.45) is 0 Å². The molecule has 150 valence electrons. The molecule has 5 nitrogen and oxygen atoms in total. The maximum absolute atomic E-state index is 13.1. The standard InChI is InChI=1S/C22H22N2O3S2/c1-2-29(26,27)13-11-23-22(25)20-17-7-3-4-8-19(17)24-21-15(9-10-18(20)21)14-16-6-5-12-28-16/h3-8,12,14H,2,9-11,13H2,1H3,(H,23,25)/b15-14+. The fourth-order valence-electron chi connectivity index (χ4n) is 3.64. The second kappa shape index (κ2) is 8.08. The molecule has 1 N–H and O–H groups in total. The van der Waals surface area contributed by atoms with Crippen molar-refractivity contribution in [1.29, 1.82) is 0 Å². The highest BCUT2D eigenvalue weighted by molar-refractivity contribution is 7.91. The van der Waals surface area contributed by atoms with Crippen LogP contribution in [0.2, 0.25) is 0 Å². The quantitative estimate of drug-likeness (QED) is 0.648. The van der Waals surface area contributed by atoms with Gasteiger partial charge in [0.15, 0.2) is 9.84 Å². The summed E-state index contributed by atoms with van der Waals surface area (Å²) in [6.45, 7) is 1.72. The van der Waals surface area contributed by atoms with Gasteiger partial charge in [-0.15, -0.1) is 11.3 Å². The lowest BCUT2D eigenvalue weighted by molar-refractivity contribution is 0.0957. The number of sulfone groups is 1. The Morgan fingerprint density at radius 2 is 2.03 bits per heavy atom. The number of fused-ring (bicyclic) bond motifs is 2. The molecule has 1 aromatic carbocycles. The molecule has 1 aliphatic rings. The summed E-state index contributed by atoms with van der Waals surface area (Å²) in [5.74, 6) is -0.208. The molecular weight excluding hydrogens is 404 g/mol. The lowest BCUT2D eigenvalue weighted by Gasteiger charge is -2.13. The number of amides is 1. The number of nitrogens with one attached hydrogen (secondary N) is 1. The highest BCUT2D eigenvalue weighted by Gasteiger charge is 2.26. The molecule has 0 aliphatic heterocycles. The van der Waals surface area contributed by atoms with Gasteiger partial charge in [-0.3, -0.25) is 4.79 Å². The predicted molar refractivity (Wildman–Crippen MR) is 119 cm³/mol. The van der Waals surface area contributed by atoms with Gasteiger partial charge in [-0.2, -0.15) is 0 Å². The number of aromatic nitrogens is 1. The number of allylic oxidation sites excluding steroid dienone is 1. The summed E-state index contributed by atoms with van der Waals surface area (Å²) in [6, 6.07) is 11.7. The second-order valence-corrected chi connectivity index (χ2v) is 10.5. The molecule has 7 heteroatoms. The minimum absolute atomic E-state index is 0.0516. The van der Waals surface area contributed by atoms with Crippen molar-refractivity contribution >= 4 is 49.6 Å². The molecule has 2 heterocycles. The number of thiophene rings is 1. The van der Waals surface area contributed by atoms with Crippen molar-refractivity contribution in [1.82, 2.24) is 10.3 Å². The Kier molecular flexibility index (Phi) is 5.52. The molecule has 0 spiro atoms. The predicted octanol–water partition coefficient (Wildman–Crippen LogP) is 3.95. The molecule has 1 aliphatic carbocycles. The lowest BCUT2D eigenvalue weighted by Crippen LogP contribution is -2.30. The van der Waals surface area contributed by atoms with Crippen molar-refractivity contribution in [2.45, 2.75) is 19.8 Å². The van der Waals surface area contributed by atoms with Crippen LogP contribution in [0.3, 0.4) is 0 Å². The third kappa shape index (κ3) is 4.11. The maximum atomic E-state index is 13.1. The van der Waals surface area contributed by atoms with E-state index < -0.39 is 9.84 Å². The zero-order valence-electron chi connectivity index (χ0n) is 16.1. The summed E-state index contributed by atoms with van der Waals surface area (Å²) in [7, 11) is -3.12. The Hall–Kier alpha value is -2.51. The Balaban J connectivity index is 1.73. The summed E-state index contributed by atoms with van der Waals surface area (Å²) in [5, 5.41) is 5.65. The molecular formula is C22H22N2O3S2. The van der Waals surface area contributed by atoms with Crippen LogP contribution in [-0.4, -0.2) is 37.4 Å². The van der Waals surface area contributed by atoms with Gasteiger partial charge in [0.1, 0.15) is 0 Å². The van der Waals surface area contributed by atoms with E-state index in [0.29, 0.717) is 5.56 Å². The summed E-state index contributed by atoms with van der Waals surface area (Å²) in [5.41, 5.74) is 4.35. The van der Waals surface area contributed by atoms with Crippen molar-refractivity contribution in [2.75, 3.05) is 18.1 Å². The fraction of sp³-hybridized carbons (Fsp3) is 0.273. The van der Waals surface area contributed by atoms with E-state index in [-0.39, 0.29) is 24.0 Å². The molecule has 4 rings (SSSR count). The fourth-order valence-corrected chi connectivity index (χ4v) is 5.02. The largest absolute Gasteiger partial charge is 0.351 e. The van der Waals surface area contributed by atoms with E-state index in [9.17, 15) is 13.2 Å². The molecule has 0 atom stereocenters. The van der Waals surface area contributed by atoms with E-state index in [2.05, 4.69) is 17.5 Å².